The Labute approximate surface area is 134 Å². The number of nitrogens with zero attached hydrogens (tertiary/aromatic N) is 2. The van der Waals surface area contributed by atoms with Crippen LogP contribution in [0.5, 0.6) is 0 Å². The van der Waals surface area contributed by atoms with Gasteiger partial charge in [0.05, 0.1) is 11.0 Å². The number of hydrogen-bond donors (Lipinski definition) is 1. The number of fused-ring (bicyclic) bond motifs is 3. The minimum Gasteiger partial charge on any atom is -0.377 e. The van der Waals surface area contributed by atoms with Crippen LogP contribution in [0.2, 0.25) is 0 Å². The minimum absolute atomic E-state index is 0.168. The lowest BCUT2D eigenvalue weighted by Crippen LogP contribution is -2.29. The molecule has 2 aromatic rings. The second-order valence-corrected chi connectivity index (χ2v) is 6.25. The maximum Gasteiger partial charge on any atom is 0.270 e. The van der Waals surface area contributed by atoms with Crippen LogP contribution < -0.4 is 5.32 Å². The summed E-state index contributed by atoms with van der Waals surface area (Å²) in [6, 6.07) is 7.59. The molecule has 5 heteroatoms. The van der Waals surface area contributed by atoms with Gasteiger partial charge in [-0.2, -0.15) is 0 Å². The summed E-state index contributed by atoms with van der Waals surface area (Å²) in [5.74, 6) is 0.586. The molecule has 4 rings (SSSR count). The fourth-order valence-corrected chi connectivity index (χ4v) is 3.86. The highest BCUT2D eigenvalue weighted by Gasteiger charge is 2.39. The molecule has 3 atom stereocenters. The number of allylic oxidation sites excluding steroid dienone is 2. The molecule has 0 amide bonds. The molecule has 116 valence electrons. The van der Waals surface area contributed by atoms with E-state index in [2.05, 4.69) is 28.5 Å². The maximum atomic E-state index is 11.2. The predicted molar refractivity (Wildman–Crippen MR) is 88.4 cm³/mol. The molecule has 0 unspecified atom stereocenters. The molecule has 0 spiro atoms. The smallest absolute Gasteiger partial charge is 0.270 e. The summed E-state index contributed by atoms with van der Waals surface area (Å²) < 4.78 is 0. The van der Waals surface area contributed by atoms with E-state index in [-0.39, 0.29) is 22.6 Å². The first kappa shape index (κ1) is 13.9. The van der Waals surface area contributed by atoms with Crippen LogP contribution in [0.1, 0.15) is 35.1 Å². The number of anilines is 1. The molecule has 2 aliphatic rings. The number of hydrogen-bond acceptors (Lipinski definition) is 4. The maximum absolute atomic E-state index is 11.2. The molecule has 0 saturated heterocycles. The zero-order valence-corrected chi connectivity index (χ0v) is 12.8. The Hall–Kier alpha value is -2.69. The van der Waals surface area contributed by atoms with Gasteiger partial charge in [0.2, 0.25) is 0 Å². The first-order valence-electron chi connectivity index (χ1n) is 7.77. The van der Waals surface area contributed by atoms with Crippen molar-refractivity contribution in [3.8, 4) is 0 Å². The monoisotopic (exact) mass is 307 g/mol. The molecule has 0 radical (unpaired) electrons. The molecule has 1 aliphatic carbocycles. The Morgan fingerprint density at radius 3 is 3.00 bits per heavy atom. The van der Waals surface area contributed by atoms with Crippen LogP contribution in [0.15, 0.2) is 48.8 Å². The number of nitrogens with one attached hydrogen (secondary N) is 1. The van der Waals surface area contributed by atoms with Crippen molar-refractivity contribution in [2.24, 2.45) is 5.92 Å². The Kier molecular flexibility index (Phi) is 3.15. The quantitative estimate of drug-likeness (QED) is 0.514. The van der Waals surface area contributed by atoms with E-state index in [1.54, 1.807) is 18.3 Å². The van der Waals surface area contributed by atoms with Gasteiger partial charge in [-0.15, -0.1) is 0 Å². The molecule has 2 heterocycles. The van der Waals surface area contributed by atoms with Crippen molar-refractivity contribution < 1.29 is 4.92 Å². The molecule has 1 aliphatic heterocycles. The second kappa shape index (κ2) is 5.19. The zero-order valence-electron chi connectivity index (χ0n) is 12.8. The van der Waals surface area contributed by atoms with Crippen molar-refractivity contribution in [2.75, 3.05) is 5.32 Å². The van der Waals surface area contributed by atoms with Gasteiger partial charge in [0.1, 0.15) is 0 Å². The number of aromatic nitrogens is 1. The van der Waals surface area contributed by atoms with E-state index >= 15 is 0 Å². The van der Waals surface area contributed by atoms with Crippen LogP contribution in [0.4, 0.5) is 11.4 Å². The van der Waals surface area contributed by atoms with Crippen LogP contribution >= 0.6 is 0 Å². The lowest BCUT2D eigenvalue weighted by molar-refractivity contribution is -0.385. The van der Waals surface area contributed by atoms with E-state index in [0.717, 1.165) is 28.8 Å². The number of non-ortho nitro benzene ring substituents is 1. The van der Waals surface area contributed by atoms with Gasteiger partial charge in [-0.05, 0) is 42.0 Å². The van der Waals surface area contributed by atoms with Crippen molar-refractivity contribution in [3.05, 3.63) is 75.6 Å². The van der Waals surface area contributed by atoms with Crippen LogP contribution in [0.25, 0.3) is 0 Å². The van der Waals surface area contributed by atoms with Gasteiger partial charge < -0.3 is 5.32 Å². The number of nitro benzene ring substituents is 1. The first-order valence-corrected chi connectivity index (χ1v) is 7.77. The largest absolute Gasteiger partial charge is 0.377 e. The van der Waals surface area contributed by atoms with E-state index in [1.807, 2.05) is 19.2 Å². The van der Waals surface area contributed by atoms with Crippen molar-refractivity contribution >= 4 is 11.4 Å². The van der Waals surface area contributed by atoms with E-state index in [4.69, 9.17) is 0 Å². The number of rotatable bonds is 2. The highest BCUT2D eigenvalue weighted by atomic mass is 16.6. The van der Waals surface area contributed by atoms with Gasteiger partial charge in [0.15, 0.2) is 0 Å². The van der Waals surface area contributed by atoms with Gasteiger partial charge in [-0.25, -0.2) is 0 Å². The second-order valence-electron chi connectivity index (χ2n) is 6.25. The Morgan fingerprint density at radius 2 is 2.26 bits per heavy atom. The predicted octanol–water partition coefficient (Wildman–Crippen LogP) is 4.12. The normalized spacial score (nSPS) is 24.7. The number of aryl methyl sites for hydroxylation is 1. The average molecular weight is 307 g/mol. The summed E-state index contributed by atoms with van der Waals surface area (Å²) in [5, 5.41) is 14.8. The topological polar surface area (TPSA) is 68.1 Å². The molecule has 5 nitrogen and oxygen atoms in total. The third kappa shape index (κ3) is 2.20. The molecule has 0 fully saturated rings. The van der Waals surface area contributed by atoms with Crippen LogP contribution in [0, 0.1) is 23.0 Å². The van der Waals surface area contributed by atoms with Crippen molar-refractivity contribution in [2.45, 2.75) is 25.3 Å². The highest BCUT2D eigenvalue weighted by Crippen LogP contribution is 2.51. The molecule has 0 bridgehead atoms. The van der Waals surface area contributed by atoms with E-state index in [0.29, 0.717) is 5.92 Å². The molecule has 23 heavy (non-hydrogen) atoms. The van der Waals surface area contributed by atoms with Gasteiger partial charge in [0, 0.05) is 36.1 Å². The number of nitro groups is 1. The highest BCUT2D eigenvalue weighted by molar-refractivity contribution is 5.67. The number of pyridine rings is 1. The van der Waals surface area contributed by atoms with E-state index in [1.165, 1.54) is 0 Å². The fraction of sp³-hybridized carbons (Fsp3) is 0.278. The summed E-state index contributed by atoms with van der Waals surface area (Å²) in [6.07, 6.45) is 9.02. The Bertz CT molecular complexity index is 801. The van der Waals surface area contributed by atoms with Crippen molar-refractivity contribution in [1.29, 1.82) is 0 Å². The molecular formula is C18H17N3O2. The fourth-order valence-electron chi connectivity index (χ4n) is 3.86. The summed E-state index contributed by atoms with van der Waals surface area (Å²) in [7, 11) is 0. The summed E-state index contributed by atoms with van der Waals surface area (Å²) in [5.41, 5.74) is 4.31. The molecule has 1 aromatic carbocycles. The Balaban J connectivity index is 1.84. The molecule has 1 N–H and O–H groups in total. The third-order valence-electron chi connectivity index (χ3n) is 4.91. The van der Waals surface area contributed by atoms with Crippen molar-refractivity contribution in [1.82, 2.24) is 4.98 Å². The standard InChI is InChI=1S/C18H17N3O2/c1-11-8-13(21(22)23)9-16-14-5-2-6-15(14)18(20-17(11)16)12-4-3-7-19-10-12/h2-5,7-10,14-15,18,20H,6H2,1H3/t14-,15+,18-/m1/s1. The molecule has 0 saturated carbocycles. The third-order valence-corrected chi connectivity index (χ3v) is 4.91. The van der Waals surface area contributed by atoms with E-state index < -0.39 is 0 Å². The zero-order chi connectivity index (χ0) is 16.0. The van der Waals surface area contributed by atoms with Crippen LogP contribution in [-0.2, 0) is 0 Å². The summed E-state index contributed by atoms with van der Waals surface area (Å²) in [4.78, 5) is 15.1. The summed E-state index contributed by atoms with van der Waals surface area (Å²) in [6.45, 7) is 1.93. The van der Waals surface area contributed by atoms with Gasteiger partial charge in [0.25, 0.3) is 5.69 Å². The molecular weight excluding hydrogens is 290 g/mol. The Morgan fingerprint density at radius 1 is 1.39 bits per heavy atom. The first-order chi connectivity index (χ1) is 11.1. The van der Waals surface area contributed by atoms with E-state index in [9.17, 15) is 10.1 Å². The summed E-state index contributed by atoms with van der Waals surface area (Å²) >= 11 is 0. The lowest BCUT2D eigenvalue weighted by atomic mass is 9.76. The lowest BCUT2D eigenvalue weighted by Gasteiger charge is -2.38. The SMILES string of the molecule is Cc1cc([N+](=O)[O-])cc2c1N[C@H](c1cccnc1)[C@H]1CC=C[C@@H]21. The van der Waals surface area contributed by atoms with Crippen LogP contribution in [0.3, 0.4) is 0 Å². The molecule has 1 aromatic heterocycles. The number of benzene rings is 1. The minimum atomic E-state index is -0.311. The van der Waals surface area contributed by atoms with Crippen molar-refractivity contribution in [3.63, 3.8) is 0 Å². The van der Waals surface area contributed by atoms with Crippen LogP contribution in [-0.4, -0.2) is 9.91 Å². The van der Waals surface area contributed by atoms with Gasteiger partial charge >= 0.3 is 0 Å². The van der Waals surface area contributed by atoms with Gasteiger partial charge in [-0.3, -0.25) is 15.1 Å². The average Bonchev–Trinajstić information content (AvgIpc) is 3.04. The van der Waals surface area contributed by atoms with Gasteiger partial charge in [-0.1, -0.05) is 18.2 Å².